The van der Waals surface area contributed by atoms with Gasteiger partial charge < -0.3 is 10.2 Å². The summed E-state index contributed by atoms with van der Waals surface area (Å²) in [7, 11) is 0. The second kappa shape index (κ2) is 6.60. The lowest BCUT2D eigenvalue weighted by molar-refractivity contribution is -0.918. The summed E-state index contributed by atoms with van der Waals surface area (Å²) in [6.45, 7) is 4.12. The van der Waals surface area contributed by atoms with E-state index in [1.165, 1.54) is 24.2 Å². The smallest absolute Gasteiger partial charge is 0.282 e. The predicted molar refractivity (Wildman–Crippen MR) is 79.1 cm³/mol. The van der Waals surface area contributed by atoms with Crippen LogP contribution in [0.25, 0.3) is 0 Å². The maximum atomic E-state index is 12.2. The molecule has 1 aromatic carbocycles. The van der Waals surface area contributed by atoms with E-state index in [2.05, 4.69) is 5.32 Å². The van der Waals surface area contributed by atoms with E-state index in [1.54, 1.807) is 18.2 Å². The molecule has 0 bridgehead atoms. The molecule has 3 nitrogen and oxygen atoms in total. The molecule has 0 saturated carbocycles. The first-order valence-electron chi connectivity index (χ1n) is 6.68. The van der Waals surface area contributed by atoms with Gasteiger partial charge in [-0.2, -0.15) is 0 Å². The molecule has 0 aliphatic carbocycles. The summed E-state index contributed by atoms with van der Waals surface area (Å²) in [4.78, 5) is 13.6. The number of rotatable bonds is 3. The van der Waals surface area contributed by atoms with Gasteiger partial charge in [0.05, 0.1) is 23.8 Å². The molecule has 19 heavy (non-hydrogen) atoms. The van der Waals surface area contributed by atoms with Crippen molar-refractivity contribution in [1.82, 2.24) is 0 Å². The molecular formula is C14H19Cl2N2O+. The molecule has 1 atom stereocenters. The number of hydrogen-bond donors (Lipinski definition) is 2. The fraction of sp³-hybridized carbons (Fsp3) is 0.500. The SMILES string of the molecule is C[C@H](C(=O)Nc1ccc(Cl)cc1Cl)[NH+]1CCCCC1. The van der Waals surface area contributed by atoms with E-state index < -0.39 is 0 Å². The molecule has 1 aliphatic heterocycles. The van der Waals surface area contributed by atoms with E-state index in [0.29, 0.717) is 15.7 Å². The van der Waals surface area contributed by atoms with Gasteiger partial charge in [0, 0.05) is 5.02 Å². The van der Waals surface area contributed by atoms with Gasteiger partial charge in [0.1, 0.15) is 0 Å². The van der Waals surface area contributed by atoms with E-state index in [1.807, 2.05) is 6.92 Å². The number of hydrogen-bond acceptors (Lipinski definition) is 1. The molecule has 5 heteroatoms. The van der Waals surface area contributed by atoms with Crippen molar-refractivity contribution < 1.29 is 9.69 Å². The average Bonchev–Trinajstić information content (AvgIpc) is 2.42. The van der Waals surface area contributed by atoms with Crippen LogP contribution >= 0.6 is 23.2 Å². The minimum atomic E-state index is -0.0490. The van der Waals surface area contributed by atoms with Crippen LogP contribution in [0.2, 0.25) is 10.0 Å². The Morgan fingerprint density at radius 3 is 2.58 bits per heavy atom. The zero-order valence-electron chi connectivity index (χ0n) is 11.0. The Morgan fingerprint density at radius 1 is 1.26 bits per heavy atom. The molecule has 0 spiro atoms. The van der Waals surface area contributed by atoms with Crippen LogP contribution in [-0.4, -0.2) is 25.0 Å². The summed E-state index contributed by atoms with van der Waals surface area (Å²) < 4.78 is 0. The van der Waals surface area contributed by atoms with Gasteiger partial charge in [0.15, 0.2) is 6.04 Å². The highest BCUT2D eigenvalue weighted by Gasteiger charge is 2.26. The molecule has 0 radical (unpaired) electrons. The zero-order chi connectivity index (χ0) is 13.8. The molecule has 1 aromatic rings. The summed E-state index contributed by atoms with van der Waals surface area (Å²) in [5, 5.41) is 3.93. The largest absolute Gasteiger partial charge is 0.325 e. The maximum Gasteiger partial charge on any atom is 0.282 e. The first kappa shape index (κ1) is 14.6. The van der Waals surface area contributed by atoms with Gasteiger partial charge >= 0.3 is 0 Å². The van der Waals surface area contributed by atoms with Gasteiger partial charge in [-0.05, 0) is 44.4 Å². The maximum absolute atomic E-state index is 12.2. The van der Waals surface area contributed by atoms with Crippen molar-refractivity contribution in [2.75, 3.05) is 18.4 Å². The van der Waals surface area contributed by atoms with Crippen LogP contribution in [0.5, 0.6) is 0 Å². The van der Waals surface area contributed by atoms with E-state index in [0.717, 1.165) is 13.1 Å². The number of likely N-dealkylation sites (tertiary alicyclic amines) is 1. The van der Waals surface area contributed by atoms with Crippen molar-refractivity contribution in [1.29, 1.82) is 0 Å². The lowest BCUT2D eigenvalue weighted by Gasteiger charge is -2.28. The first-order valence-corrected chi connectivity index (χ1v) is 7.44. The number of halogens is 2. The molecule has 1 aliphatic rings. The predicted octanol–water partition coefficient (Wildman–Crippen LogP) is 2.39. The number of amides is 1. The minimum Gasteiger partial charge on any atom is -0.325 e. The highest BCUT2D eigenvalue weighted by atomic mass is 35.5. The van der Waals surface area contributed by atoms with Crippen LogP contribution in [0, 0.1) is 0 Å². The lowest BCUT2D eigenvalue weighted by Crippen LogP contribution is -3.17. The second-order valence-corrected chi connectivity index (χ2v) is 5.90. The molecule has 0 unspecified atom stereocenters. The van der Waals surface area contributed by atoms with Gasteiger partial charge in [0.2, 0.25) is 0 Å². The summed E-state index contributed by atoms with van der Waals surface area (Å²) in [6.07, 6.45) is 3.68. The molecule has 1 saturated heterocycles. The van der Waals surface area contributed by atoms with Gasteiger partial charge in [-0.3, -0.25) is 4.79 Å². The number of anilines is 1. The van der Waals surface area contributed by atoms with Crippen LogP contribution in [-0.2, 0) is 4.79 Å². The Balaban J connectivity index is 1.99. The third kappa shape index (κ3) is 3.85. The van der Waals surface area contributed by atoms with E-state index in [4.69, 9.17) is 23.2 Å². The van der Waals surface area contributed by atoms with Crippen molar-refractivity contribution >= 4 is 34.8 Å². The summed E-state index contributed by atoms with van der Waals surface area (Å²) in [5.74, 6) is 0.0149. The van der Waals surface area contributed by atoms with Crippen LogP contribution < -0.4 is 10.2 Å². The van der Waals surface area contributed by atoms with Gasteiger partial charge in [-0.25, -0.2) is 0 Å². The van der Waals surface area contributed by atoms with Crippen LogP contribution in [0.1, 0.15) is 26.2 Å². The van der Waals surface area contributed by atoms with E-state index in [9.17, 15) is 4.79 Å². The highest BCUT2D eigenvalue weighted by Crippen LogP contribution is 2.25. The number of quaternary nitrogens is 1. The molecular weight excluding hydrogens is 283 g/mol. The van der Waals surface area contributed by atoms with Crippen molar-refractivity contribution in [3.8, 4) is 0 Å². The Bertz CT molecular complexity index is 459. The zero-order valence-corrected chi connectivity index (χ0v) is 12.5. The van der Waals surface area contributed by atoms with Crippen LogP contribution in [0.15, 0.2) is 18.2 Å². The molecule has 2 rings (SSSR count). The van der Waals surface area contributed by atoms with Crippen LogP contribution in [0.3, 0.4) is 0 Å². The van der Waals surface area contributed by atoms with Gasteiger partial charge in [0.25, 0.3) is 5.91 Å². The Kier molecular flexibility index (Phi) is 5.08. The Morgan fingerprint density at radius 2 is 1.95 bits per heavy atom. The van der Waals surface area contributed by atoms with E-state index >= 15 is 0 Å². The Hall–Kier alpha value is -0.770. The first-order chi connectivity index (χ1) is 9.08. The second-order valence-electron chi connectivity index (χ2n) is 5.05. The third-order valence-electron chi connectivity index (χ3n) is 3.69. The molecule has 1 fully saturated rings. The molecule has 2 N–H and O–H groups in total. The van der Waals surface area contributed by atoms with Gasteiger partial charge in [-0.15, -0.1) is 0 Å². The quantitative estimate of drug-likeness (QED) is 0.883. The van der Waals surface area contributed by atoms with Crippen molar-refractivity contribution in [3.63, 3.8) is 0 Å². The number of nitrogens with one attached hydrogen (secondary N) is 2. The Labute approximate surface area is 123 Å². The fourth-order valence-electron chi connectivity index (χ4n) is 2.46. The monoisotopic (exact) mass is 301 g/mol. The number of piperidine rings is 1. The highest BCUT2D eigenvalue weighted by molar-refractivity contribution is 6.36. The lowest BCUT2D eigenvalue weighted by atomic mass is 10.1. The fourth-order valence-corrected chi connectivity index (χ4v) is 2.91. The molecule has 0 aromatic heterocycles. The standard InChI is InChI=1S/C14H18Cl2N2O/c1-10(18-7-3-2-4-8-18)14(19)17-13-6-5-11(15)9-12(13)16/h5-6,9-10H,2-4,7-8H2,1H3,(H,17,19)/p+1/t10-/m1/s1. The van der Waals surface area contributed by atoms with E-state index in [-0.39, 0.29) is 11.9 Å². The molecule has 1 amide bonds. The van der Waals surface area contributed by atoms with Gasteiger partial charge in [-0.1, -0.05) is 23.2 Å². The number of benzene rings is 1. The molecule has 1 heterocycles. The summed E-state index contributed by atoms with van der Waals surface area (Å²) in [5.41, 5.74) is 0.624. The minimum absolute atomic E-state index is 0.0149. The number of carbonyl (C=O) groups excluding carboxylic acids is 1. The number of carbonyl (C=O) groups is 1. The van der Waals surface area contributed by atoms with Crippen molar-refractivity contribution in [2.45, 2.75) is 32.2 Å². The normalized spacial score (nSPS) is 18.1. The van der Waals surface area contributed by atoms with Crippen molar-refractivity contribution in [2.24, 2.45) is 0 Å². The van der Waals surface area contributed by atoms with Crippen molar-refractivity contribution in [3.05, 3.63) is 28.2 Å². The summed E-state index contributed by atoms with van der Waals surface area (Å²) >= 11 is 11.9. The van der Waals surface area contributed by atoms with Crippen LogP contribution in [0.4, 0.5) is 5.69 Å². The molecule has 104 valence electrons. The average molecular weight is 302 g/mol. The summed E-state index contributed by atoms with van der Waals surface area (Å²) in [6, 6.07) is 5.05. The third-order valence-corrected chi connectivity index (χ3v) is 4.24. The topological polar surface area (TPSA) is 33.5 Å².